The predicted octanol–water partition coefficient (Wildman–Crippen LogP) is 4.05. The van der Waals surface area contributed by atoms with E-state index in [9.17, 15) is 18.0 Å². The van der Waals surface area contributed by atoms with Crippen LogP contribution in [0.4, 0.5) is 19.0 Å². The molecular formula is C22H20F3N5O. The van der Waals surface area contributed by atoms with Gasteiger partial charge in [0.2, 0.25) is 0 Å². The number of alkyl halides is 3. The van der Waals surface area contributed by atoms with E-state index in [1.54, 1.807) is 12.4 Å². The largest absolute Gasteiger partial charge is 0.416 e. The van der Waals surface area contributed by atoms with Crippen molar-refractivity contribution in [3.63, 3.8) is 0 Å². The van der Waals surface area contributed by atoms with E-state index in [0.717, 1.165) is 36.0 Å². The first-order valence-corrected chi connectivity index (χ1v) is 10.2. The number of amides is 1. The number of rotatable bonds is 5. The van der Waals surface area contributed by atoms with Crippen molar-refractivity contribution in [3.8, 4) is 0 Å². The summed E-state index contributed by atoms with van der Waals surface area (Å²) in [7, 11) is 1.88. The second-order valence-electron chi connectivity index (χ2n) is 8.11. The standard InChI is InChI=1S/C22H20F3N5O/c1-29-12-26-28-19(29)8-5-13-9-18(14-6-7-14)27-20(10-13)30-11-16-15(21(30)31)3-2-4-17(16)22(23,24)25/h2-4,9-10,12,14H,5-8,11H2,1H3. The molecule has 0 spiro atoms. The minimum atomic E-state index is -4.51. The Kier molecular flexibility index (Phi) is 4.56. The van der Waals surface area contributed by atoms with Crippen LogP contribution in [0.5, 0.6) is 0 Å². The van der Waals surface area contributed by atoms with Crippen molar-refractivity contribution in [2.45, 2.75) is 44.3 Å². The van der Waals surface area contributed by atoms with Gasteiger partial charge in [-0.1, -0.05) is 6.07 Å². The number of anilines is 1. The number of fused-ring (bicyclic) bond motifs is 1. The van der Waals surface area contributed by atoms with Crippen molar-refractivity contribution < 1.29 is 18.0 Å². The van der Waals surface area contributed by atoms with Gasteiger partial charge in [-0.25, -0.2) is 4.98 Å². The monoisotopic (exact) mass is 427 g/mol. The van der Waals surface area contributed by atoms with E-state index < -0.39 is 17.6 Å². The third-order valence-corrected chi connectivity index (χ3v) is 5.88. The Balaban J connectivity index is 1.47. The van der Waals surface area contributed by atoms with E-state index in [1.165, 1.54) is 17.0 Å². The van der Waals surface area contributed by atoms with Gasteiger partial charge in [0, 0.05) is 30.6 Å². The first kappa shape index (κ1) is 19.7. The van der Waals surface area contributed by atoms with E-state index in [1.807, 2.05) is 17.7 Å². The van der Waals surface area contributed by atoms with Gasteiger partial charge in [0.05, 0.1) is 12.1 Å². The molecule has 0 atom stereocenters. The molecule has 0 unspecified atom stereocenters. The van der Waals surface area contributed by atoms with Crippen LogP contribution in [-0.4, -0.2) is 25.7 Å². The van der Waals surface area contributed by atoms with Gasteiger partial charge in [-0.3, -0.25) is 9.69 Å². The number of aromatic nitrogens is 4. The lowest BCUT2D eigenvalue weighted by molar-refractivity contribution is -0.138. The van der Waals surface area contributed by atoms with Crippen LogP contribution in [0.2, 0.25) is 0 Å². The number of nitrogens with zero attached hydrogens (tertiary/aromatic N) is 5. The first-order chi connectivity index (χ1) is 14.8. The second-order valence-corrected chi connectivity index (χ2v) is 8.11. The molecule has 2 aliphatic rings. The van der Waals surface area contributed by atoms with Crippen LogP contribution in [0.25, 0.3) is 0 Å². The average molecular weight is 427 g/mol. The highest BCUT2D eigenvalue weighted by atomic mass is 19.4. The molecule has 2 aromatic heterocycles. The Labute approximate surface area is 176 Å². The van der Waals surface area contributed by atoms with Gasteiger partial charge in [0.25, 0.3) is 5.91 Å². The van der Waals surface area contributed by atoms with Crippen LogP contribution in [0.1, 0.15) is 57.3 Å². The van der Waals surface area contributed by atoms with E-state index in [2.05, 4.69) is 15.2 Å². The lowest BCUT2D eigenvalue weighted by atomic mass is 10.0. The summed E-state index contributed by atoms with van der Waals surface area (Å²) < 4.78 is 42.2. The quantitative estimate of drug-likeness (QED) is 0.616. The molecule has 0 radical (unpaired) electrons. The molecule has 1 aromatic carbocycles. The Hall–Kier alpha value is -3.23. The second kappa shape index (κ2) is 7.18. The van der Waals surface area contributed by atoms with Crippen molar-refractivity contribution in [2.75, 3.05) is 4.90 Å². The lowest BCUT2D eigenvalue weighted by Gasteiger charge is -2.18. The number of benzene rings is 1. The molecule has 160 valence electrons. The molecule has 1 amide bonds. The van der Waals surface area contributed by atoms with E-state index in [0.29, 0.717) is 24.6 Å². The van der Waals surface area contributed by atoms with Crippen molar-refractivity contribution in [1.29, 1.82) is 0 Å². The number of carbonyl (C=O) groups excluding carboxylic acids is 1. The summed E-state index contributed by atoms with van der Waals surface area (Å²) in [4.78, 5) is 19.0. The zero-order valence-electron chi connectivity index (χ0n) is 16.9. The zero-order chi connectivity index (χ0) is 21.8. The maximum absolute atomic E-state index is 13.5. The minimum Gasteiger partial charge on any atom is -0.321 e. The Bertz CT molecular complexity index is 1170. The fraction of sp³-hybridized carbons (Fsp3) is 0.364. The third-order valence-electron chi connectivity index (χ3n) is 5.88. The van der Waals surface area contributed by atoms with Crippen LogP contribution in [0, 0.1) is 0 Å². The molecule has 31 heavy (non-hydrogen) atoms. The first-order valence-electron chi connectivity index (χ1n) is 10.2. The topological polar surface area (TPSA) is 63.9 Å². The summed E-state index contributed by atoms with van der Waals surface area (Å²) in [5.41, 5.74) is 1.22. The van der Waals surface area contributed by atoms with E-state index in [4.69, 9.17) is 0 Å². The van der Waals surface area contributed by atoms with Gasteiger partial charge >= 0.3 is 6.18 Å². The van der Waals surface area contributed by atoms with Crippen LogP contribution in [-0.2, 0) is 32.6 Å². The van der Waals surface area contributed by atoms with E-state index >= 15 is 0 Å². The summed E-state index contributed by atoms with van der Waals surface area (Å²) in [6, 6.07) is 7.59. The highest BCUT2D eigenvalue weighted by molar-refractivity contribution is 6.09. The maximum Gasteiger partial charge on any atom is 0.416 e. The van der Waals surface area contributed by atoms with Crippen molar-refractivity contribution >= 4 is 11.7 Å². The van der Waals surface area contributed by atoms with Crippen LogP contribution < -0.4 is 4.90 Å². The zero-order valence-corrected chi connectivity index (χ0v) is 16.9. The molecule has 1 fully saturated rings. The van der Waals surface area contributed by atoms with Gasteiger partial charge in [-0.15, -0.1) is 10.2 Å². The normalized spacial score (nSPS) is 16.1. The van der Waals surface area contributed by atoms with Gasteiger partial charge in [0.15, 0.2) is 0 Å². The molecule has 6 nitrogen and oxygen atoms in total. The van der Waals surface area contributed by atoms with Gasteiger partial charge in [0.1, 0.15) is 18.0 Å². The Morgan fingerprint density at radius 3 is 2.65 bits per heavy atom. The Morgan fingerprint density at radius 1 is 1.16 bits per heavy atom. The third kappa shape index (κ3) is 3.68. The molecule has 3 aromatic rings. The molecule has 0 N–H and O–H groups in total. The summed E-state index contributed by atoms with van der Waals surface area (Å²) >= 11 is 0. The summed E-state index contributed by atoms with van der Waals surface area (Å²) in [5.74, 6) is 1.15. The number of hydrogen-bond acceptors (Lipinski definition) is 4. The minimum absolute atomic E-state index is 0.0132. The van der Waals surface area contributed by atoms with Crippen LogP contribution in [0.15, 0.2) is 36.7 Å². The number of carbonyl (C=O) groups is 1. The summed E-state index contributed by atoms with van der Waals surface area (Å²) in [5, 5.41) is 7.99. The average Bonchev–Trinajstić information content (AvgIpc) is 3.43. The van der Waals surface area contributed by atoms with Crippen LogP contribution >= 0.6 is 0 Å². The molecule has 9 heteroatoms. The fourth-order valence-electron chi connectivity index (χ4n) is 4.04. The van der Waals surface area contributed by atoms with Gasteiger partial charge < -0.3 is 4.57 Å². The van der Waals surface area contributed by atoms with Crippen molar-refractivity contribution in [2.24, 2.45) is 7.05 Å². The smallest absolute Gasteiger partial charge is 0.321 e. The number of aryl methyl sites for hydroxylation is 3. The Morgan fingerprint density at radius 2 is 1.97 bits per heavy atom. The highest BCUT2D eigenvalue weighted by Gasteiger charge is 2.40. The van der Waals surface area contributed by atoms with Crippen molar-refractivity contribution in [3.05, 3.63) is 70.4 Å². The molecular weight excluding hydrogens is 407 g/mol. The molecule has 1 aliphatic heterocycles. The summed E-state index contributed by atoms with van der Waals surface area (Å²) in [6.45, 7) is -0.131. The fourth-order valence-corrected chi connectivity index (χ4v) is 4.04. The molecule has 3 heterocycles. The van der Waals surface area contributed by atoms with Gasteiger partial charge in [-0.2, -0.15) is 13.2 Å². The van der Waals surface area contributed by atoms with Gasteiger partial charge in [-0.05, 0) is 54.7 Å². The maximum atomic E-state index is 13.5. The number of pyridine rings is 1. The molecule has 1 saturated carbocycles. The lowest BCUT2D eigenvalue weighted by Crippen LogP contribution is -2.24. The molecule has 5 rings (SSSR count). The molecule has 0 bridgehead atoms. The highest BCUT2D eigenvalue weighted by Crippen LogP contribution is 2.42. The number of hydrogen-bond donors (Lipinski definition) is 0. The molecule has 0 saturated heterocycles. The van der Waals surface area contributed by atoms with E-state index in [-0.39, 0.29) is 17.7 Å². The summed E-state index contributed by atoms with van der Waals surface area (Å²) in [6.07, 6.45) is 0.533. The predicted molar refractivity (Wildman–Crippen MR) is 107 cm³/mol. The molecule has 1 aliphatic carbocycles. The number of halogens is 3. The van der Waals surface area contributed by atoms with Crippen molar-refractivity contribution in [1.82, 2.24) is 19.7 Å². The van der Waals surface area contributed by atoms with Crippen LogP contribution in [0.3, 0.4) is 0 Å². The SMILES string of the molecule is Cn1cnnc1CCc1cc(C2CC2)nc(N2Cc3c(cccc3C(F)(F)F)C2=O)c1.